The number of amides is 1. The molecule has 0 bridgehead atoms. The van der Waals surface area contributed by atoms with E-state index in [1.807, 2.05) is 6.07 Å². The standard InChI is InChI=1S/C18H16BrCl2NO4/c19-12-3-8-16(15(21)10-12)25-9-1-2-18(24)26-11-17(23)22-14-6-4-13(20)5-7-14/h3-8,10H,1-2,9,11H2,(H,22,23). The van der Waals surface area contributed by atoms with Crippen molar-refractivity contribution in [2.75, 3.05) is 18.5 Å². The molecule has 8 heteroatoms. The summed E-state index contributed by atoms with van der Waals surface area (Å²) in [6.45, 7) is -0.0335. The fourth-order valence-electron chi connectivity index (χ4n) is 1.94. The van der Waals surface area contributed by atoms with Gasteiger partial charge >= 0.3 is 5.97 Å². The van der Waals surface area contributed by atoms with Crippen molar-refractivity contribution in [1.29, 1.82) is 0 Å². The minimum absolute atomic E-state index is 0.141. The molecule has 26 heavy (non-hydrogen) atoms. The minimum atomic E-state index is -0.471. The SMILES string of the molecule is O=C(COC(=O)CCCOc1ccc(Br)cc1Cl)Nc1ccc(Cl)cc1. The van der Waals surface area contributed by atoms with Crippen molar-refractivity contribution in [2.24, 2.45) is 0 Å². The molecule has 0 unspecified atom stereocenters. The number of carbonyl (C=O) groups excluding carboxylic acids is 2. The Labute approximate surface area is 169 Å². The molecule has 0 saturated heterocycles. The number of nitrogens with one attached hydrogen (secondary N) is 1. The van der Waals surface area contributed by atoms with Crippen molar-refractivity contribution in [3.8, 4) is 5.75 Å². The first-order chi connectivity index (χ1) is 12.4. The molecular formula is C18H16BrCl2NO4. The molecule has 0 aromatic heterocycles. The average molecular weight is 461 g/mol. The van der Waals surface area contributed by atoms with Crippen LogP contribution in [-0.4, -0.2) is 25.1 Å². The van der Waals surface area contributed by atoms with Gasteiger partial charge in [0, 0.05) is 21.6 Å². The van der Waals surface area contributed by atoms with Crippen LogP contribution in [0.2, 0.25) is 10.0 Å². The maximum Gasteiger partial charge on any atom is 0.306 e. The number of esters is 1. The molecule has 0 aliphatic heterocycles. The van der Waals surface area contributed by atoms with Crippen LogP contribution in [-0.2, 0) is 14.3 Å². The largest absolute Gasteiger partial charge is 0.492 e. The van der Waals surface area contributed by atoms with Crippen molar-refractivity contribution in [1.82, 2.24) is 0 Å². The summed E-state index contributed by atoms with van der Waals surface area (Å²) in [6.07, 6.45) is 0.590. The summed E-state index contributed by atoms with van der Waals surface area (Å²) >= 11 is 15.1. The van der Waals surface area contributed by atoms with Gasteiger partial charge in [0.05, 0.1) is 11.6 Å². The molecule has 5 nitrogen and oxygen atoms in total. The van der Waals surface area contributed by atoms with Crippen LogP contribution in [0.3, 0.4) is 0 Å². The Balaban J connectivity index is 1.62. The van der Waals surface area contributed by atoms with E-state index in [0.717, 1.165) is 4.47 Å². The maximum atomic E-state index is 11.7. The van der Waals surface area contributed by atoms with E-state index >= 15 is 0 Å². The van der Waals surface area contributed by atoms with E-state index in [2.05, 4.69) is 21.2 Å². The molecule has 0 saturated carbocycles. The van der Waals surface area contributed by atoms with Crippen LogP contribution in [0.15, 0.2) is 46.9 Å². The lowest BCUT2D eigenvalue weighted by atomic mass is 10.3. The fourth-order valence-corrected chi connectivity index (χ4v) is 2.79. The van der Waals surface area contributed by atoms with E-state index in [-0.39, 0.29) is 13.0 Å². The van der Waals surface area contributed by atoms with Crippen LogP contribution in [0.5, 0.6) is 5.75 Å². The third-order valence-electron chi connectivity index (χ3n) is 3.17. The Kier molecular flexibility index (Phi) is 8.22. The van der Waals surface area contributed by atoms with Crippen molar-refractivity contribution < 1.29 is 19.1 Å². The first-order valence-corrected chi connectivity index (χ1v) is 9.28. The maximum absolute atomic E-state index is 11.7. The molecule has 0 fully saturated rings. The second-order valence-corrected chi connectivity index (χ2v) is 7.00. The van der Waals surface area contributed by atoms with Crippen LogP contribution < -0.4 is 10.1 Å². The van der Waals surface area contributed by atoms with E-state index in [0.29, 0.717) is 34.5 Å². The van der Waals surface area contributed by atoms with Crippen molar-refractivity contribution in [3.63, 3.8) is 0 Å². The lowest BCUT2D eigenvalue weighted by molar-refractivity contribution is -0.147. The molecule has 2 aromatic carbocycles. The number of carbonyl (C=O) groups is 2. The number of anilines is 1. The summed E-state index contributed by atoms with van der Waals surface area (Å²) in [6, 6.07) is 11.9. The van der Waals surface area contributed by atoms with Gasteiger partial charge in [0.15, 0.2) is 6.61 Å². The number of halogens is 3. The Morgan fingerprint density at radius 2 is 1.81 bits per heavy atom. The summed E-state index contributed by atoms with van der Waals surface area (Å²) in [4.78, 5) is 23.4. The van der Waals surface area contributed by atoms with Crippen LogP contribution in [0.1, 0.15) is 12.8 Å². The van der Waals surface area contributed by atoms with Crippen LogP contribution >= 0.6 is 39.1 Å². The topological polar surface area (TPSA) is 64.6 Å². The summed E-state index contributed by atoms with van der Waals surface area (Å²) < 4.78 is 11.3. The third-order valence-corrected chi connectivity index (χ3v) is 4.21. The summed E-state index contributed by atoms with van der Waals surface area (Å²) in [5.41, 5.74) is 0.579. The molecule has 0 aliphatic carbocycles. The smallest absolute Gasteiger partial charge is 0.306 e. The zero-order valence-corrected chi connectivity index (χ0v) is 16.7. The third kappa shape index (κ3) is 7.23. The number of hydrogen-bond donors (Lipinski definition) is 1. The minimum Gasteiger partial charge on any atom is -0.492 e. The molecule has 1 amide bonds. The van der Waals surface area contributed by atoms with Gasteiger partial charge in [-0.1, -0.05) is 39.1 Å². The Morgan fingerprint density at radius 1 is 1.08 bits per heavy atom. The van der Waals surface area contributed by atoms with Crippen molar-refractivity contribution >= 4 is 56.7 Å². The van der Waals surface area contributed by atoms with Crippen LogP contribution in [0, 0.1) is 0 Å². The number of benzene rings is 2. The van der Waals surface area contributed by atoms with Gasteiger partial charge in [0.2, 0.25) is 0 Å². The highest BCUT2D eigenvalue weighted by atomic mass is 79.9. The number of hydrogen-bond acceptors (Lipinski definition) is 4. The predicted molar refractivity (Wildman–Crippen MR) is 105 cm³/mol. The highest BCUT2D eigenvalue weighted by Gasteiger charge is 2.09. The Bertz CT molecular complexity index is 768. The normalized spacial score (nSPS) is 10.3. The lowest BCUT2D eigenvalue weighted by Crippen LogP contribution is -2.21. The van der Waals surface area contributed by atoms with Crippen LogP contribution in [0.4, 0.5) is 5.69 Å². The van der Waals surface area contributed by atoms with Crippen LogP contribution in [0.25, 0.3) is 0 Å². The Hall–Kier alpha value is -1.76. The number of ether oxygens (including phenoxy) is 2. The molecule has 0 heterocycles. The summed E-state index contributed by atoms with van der Waals surface area (Å²) in [5.74, 6) is -0.342. The van der Waals surface area contributed by atoms with Gasteiger partial charge in [-0.2, -0.15) is 0 Å². The molecule has 138 valence electrons. The molecule has 0 aliphatic rings. The molecule has 0 radical (unpaired) electrons. The van der Waals surface area contributed by atoms with Gasteiger partial charge in [0.1, 0.15) is 5.75 Å². The van der Waals surface area contributed by atoms with E-state index in [4.69, 9.17) is 32.7 Å². The van der Waals surface area contributed by atoms with Crippen molar-refractivity contribution in [3.05, 3.63) is 57.0 Å². The second-order valence-electron chi connectivity index (χ2n) is 5.24. The first kappa shape index (κ1) is 20.6. The van der Waals surface area contributed by atoms with Gasteiger partial charge < -0.3 is 14.8 Å². The highest BCUT2D eigenvalue weighted by molar-refractivity contribution is 9.10. The van der Waals surface area contributed by atoms with E-state index in [1.54, 1.807) is 36.4 Å². The van der Waals surface area contributed by atoms with Gasteiger partial charge in [-0.15, -0.1) is 0 Å². The van der Waals surface area contributed by atoms with Gasteiger partial charge in [-0.25, -0.2) is 0 Å². The molecular weight excluding hydrogens is 445 g/mol. The van der Waals surface area contributed by atoms with Gasteiger partial charge in [0.25, 0.3) is 5.91 Å². The van der Waals surface area contributed by atoms with E-state index in [9.17, 15) is 9.59 Å². The zero-order valence-electron chi connectivity index (χ0n) is 13.6. The summed E-state index contributed by atoms with van der Waals surface area (Å²) in [7, 11) is 0. The van der Waals surface area contributed by atoms with Gasteiger partial charge in [-0.3, -0.25) is 9.59 Å². The van der Waals surface area contributed by atoms with Crippen molar-refractivity contribution in [2.45, 2.75) is 12.8 Å². The predicted octanol–water partition coefficient (Wildman–Crippen LogP) is 5.10. The van der Waals surface area contributed by atoms with E-state index in [1.165, 1.54) is 0 Å². The van der Waals surface area contributed by atoms with E-state index < -0.39 is 11.9 Å². The fraction of sp³-hybridized carbons (Fsp3) is 0.222. The quantitative estimate of drug-likeness (QED) is 0.439. The first-order valence-electron chi connectivity index (χ1n) is 7.73. The molecule has 0 spiro atoms. The second kappa shape index (κ2) is 10.4. The number of rotatable bonds is 8. The molecule has 2 rings (SSSR count). The lowest BCUT2D eigenvalue weighted by Gasteiger charge is -2.09. The molecule has 2 aromatic rings. The molecule has 0 atom stereocenters. The monoisotopic (exact) mass is 459 g/mol. The zero-order chi connectivity index (χ0) is 18.9. The average Bonchev–Trinajstić information content (AvgIpc) is 2.60. The Morgan fingerprint density at radius 3 is 2.50 bits per heavy atom. The summed E-state index contributed by atoms with van der Waals surface area (Å²) in [5, 5.41) is 3.66. The molecule has 1 N–H and O–H groups in total. The highest BCUT2D eigenvalue weighted by Crippen LogP contribution is 2.27. The van der Waals surface area contributed by atoms with Gasteiger partial charge in [-0.05, 0) is 48.9 Å².